The highest BCUT2D eigenvalue weighted by atomic mass is 19.3. The Hall–Kier alpha value is -3.55. The van der Waals surface area contributed by atoms with Crippen LogP contribution >= 0.6 is 0 Å². The lowest BCUT2D eigenvalue weighted by Gasteiger charge is -2.37. The molecule has 0 unspecified atom stereocenters. The van der Waals surface area contributed by atoms with Crippen LogP contribution in [0.1, 0.15) is 74.3 Å². The van der Waals surface area contributed by atoms with Crippen molar-refractivity contribution >= 4 is 22.6 Å². The highest BCUT2D eigenvalue weighted by Gasteiger charge is 2.39. The molecule has 1 aliphatic carbocycles. The molecule has 0 spiro atoms. The molecule has 2 aliphatic rings. The number of piperidine rings is 1. The predicted octanol–water partition coefficient (Wildman–Crippen LogP) is 7.32. The Morgan fingerprint density at radius 3 is 2.49 bits per heavy atom. The third-order valence-corrected chi connectivity index (χ3v) is 7.87. The number of hydrogen-bond acceptors (Lipinski definition) is 4. The highest BCUT2D eigenvalue weighted by Crippen LogP contribution is 2.44. The van der Waals surface area contributed by atoms with E-state index in [9.17, 15) is 13.6 Å². The van der Waals surface area contributed by atoms with E-state index in [1.165, 1.54) is 0 Å². The van der Waals surface area contributed by atoms with E-state index in [4.69, 9.17) is 9.51 Å². The lowest BCUT2D eigenvalue weighted by Crippen LogP contribution is -2.40. The number of aryl methyl sites for hydroxylation is 2. The second kappa shape index (κ2) is 9.08. The Kier molecular flexibility index (Phi) is 5.85. The van der Waals surface area contributed by atoms with Gasteiger partial charge in [-0.2, -0.15) is 0 Å². The van der Waals surface area contributed by atoms with Crippen molar-refractivity contribution in [3.63, 3.8) is 0 Å². The molecule has 1 saturated carbocycles. The fourth-order valence-electron chi connectivity index (χ4n) is 6.10. The fraction of sp³-hybridized carbons (Fsp3) is 0.414. The average molecular weight is 505 g/mol. The van der Waals surface area contributed by atoms with Gasteiger partial charge in [-0.1, -0.05) is 29.4 Å². The van der Waals surface area contributed by atoms with Crippen molar-refractivity contribution in [1.82, 2.24) is 14.7 Å². The van der Waals surface area contributed by atoms with E-state index >= 15 is 0 Å². The van der Waals surface area contributed by atoms with Crippen molar-refractivity contribution in [2.45, 2.75) is 76.8 Å². The van der Waals surface area contributed by atoms with Crippen LogP contribution < -0.4 is 4.90 Å². The van der Waals surface area contributed by atoms with E-state index in [-0.39, 0.29) is 30.8 Å². The molecule has 6 nitrogen and oxygen atoms in total. The zero-order valence-electron chi connectivity index (χ0n) is 21.1. The van der Waals surface area contributed by atoms with Crippen LogP contribution in [0.4, 0.5) is 14.5 Å². The maximum Gasteiger partial charge on any atom is 0.248 e. The number of carbonyl (C=O) groups excluding carboxylic acids is 1. The fourth-order valence-corrected chi connectivity index (χ4v) is 6.10. The third kappa shape index (κ3) is 4.22. The van der Waals surface area contributed by atoms with Crippen LogP contribution in [0.2, 0.25) is 0 Å². The van der Waals surface area contributed by atoms with Crippen molar-refractivity contribution in [1.29, 1.82) is 0 Å². The summed E-state index contributed by atoms with van der Waals surface area (Å²) in [6, 6.07) is 15.4. The normalized spacial score (nSPS) is 20.6. The average Bonchev–Trinajstić information content (AvgIpc) is 3.43. The number of hydrogen-bond donors (Lipinski definition) is 0. The van der Waals surface area contributed by atoms with Crippen LogP contribution in [-0.4, -0.2) is 26.5 Å². The number of rotatable bonds is 4. The van der Waals surface area contributed by atoms with Gasteiger partial charge in [0.15, 0.2) is 0 Å². The highest BCUT2D eigenvalue weighted by molar-refractivity contribution is 5.95. The standard InChI is InChI=1S/C29H30F2N4O2/c1-18-27(19(2)37-33-18)20-11-12-24-23(17-20)32-28(35(24)22-13-15-29(30,31)16-14-22)25-9-6-10-26(36)34(25)21-7-4-3-5-8-21/h3-5,7-8,11-12,17,22,25H,6,9-10,13-16H2,1-2H3/t25-/m0/s1. The van der Waals surface area contributed by atoms with Gasteiger partial charge in [-0.25, -0.2) is 13.8 Å². The van der Waals surface area contributed by atoms with Gasteiger partial charge < -0.3 is 14.0 Å². The summed E-state index contributed by atoms with van der Waals surface area (Å²) in [7, 11) is 0. The SMILES string of the molecule is Cc1noc(C)c1-c1ccc2c(c1)nc([C@@H]1CCCC(=O)N1c1ccccc1)n2C1CCC(F)(F)CC1. The molecule has 0 N–H and O–H groups in total. The Bertz CT molecular complexity index is 1430. The lowest BCUT2D eigenvalue weighted by molar-refractivity contribution is -0.120. The quantitative estimate of drug-likeness (QED) is 0.292. The number of aromatic nitrogens is 3. The minimum absolute atomic E-state index is 0.0626. The van der Waals surface area contributed by atoms with Crippen molar-refractivity contribution < 1.29 is 18.1 Å². The molecule has 0 bridgehead atoms. The van der Waals surface area contributed by atoms with Gasteiger partial charge in [-0.15, -0.1) is 0 Å². The summed E-state index contributed by atoms with van der Waals surface area (Å²) < 4.78 is 35.8. The van der Waals surface area contributed by atoms with Gasteiger partial charge in [0.1, 0.15) is 11.6 Å². The van der Waals surface area contributed by atoms with Crippen LogP contribution in [0, 0.1) is 13.8 Å². The van der Waals surface area contributed by atoms with Gasteiger partial charge in [-0.3, -0.25) is 4.79 Å². The van der Waals surface area contributed by atoms with Crippen LogP contribution in [0.5, 0.6) is 0 Å². The van der Waals surface area contributed by atoms with E-state index in [1.54, 1.807) is 0 Å². The molecule has 3 heterocycles. The number of amides is 1. The van der Waals surface area contributed by atoms with E-state index in [0.29, 0.717) is 19.3 Å². The molecule has 37 heavy (non-hydrogen) atoms. The molecule has 1 atom stereocenters. The molecule has 1 aliphatic heterocycles. The van der Waals surface area contributed by atoms with Crippen molar-refractivity contribution in [3.8, 4) is 11.1 Å². The first-order chi connectivity index (χ1) is 17.8. The zero-order valence-corrected chi connectivity index (χ0v) is 21.1. The largest absolute Gasteiger partial charge is 0.361 e. The van der Waals surface area contributed by atoms with E-state index in [1.807, 2.05) is 67.3 Å². The Labute approximate surface area is 214 Å². The van der Waals surface area contributed by atoms with E-state index in [0.717, 1.165) is 58.0 Å². The van der Waals surface area contributed by atoms with Gasteiger partial charge >= 0.3 is 0 Å². The number of para-hydroxylation sites is 1. The number of fused-ring (bicyclic) bond motifs is 1. The molecule has 0 radical (unpaired) electrons. The van der Waals surface area contributed by atoms with Gasteiger partial charge in [0.25, 0.3) is 0 Å². The first-order valence-electron chi connectivity index (χ1n) is 13.0. The number of imidazole rings is 1. The Morgan fingerprint density at radius 2 is 1.78 bits per heavy atom. The maximum atomic E-state index is 14.1. The molecule has 6 rings (SSSR count). The van der Waals surface area contributed by atoms with Crippen molar-refractivity contribution in [3.05, 3.63) is 65.8 Å². The summed E-state index contributed by atoms with van der Waals surface area (Å²) in [5, 5.41) is 4.09. The molecule has 2 aromatic carbocycles. The molecular weight excluding hydrogens is 474 g/mol. The molecule has 1 amide bonds. The summed E-state index contributed by atoms with van der Waals surface area (Å²) in [4.78, 5) is 20.2. The molecule has 1 saturated heterocycles. The monoisotopic (exact) mass is 504 g/mol. The predicted molar refractivity (Wildman–Crippen MR) is 138 cm³/mol. The summed E-state index contributed by atoms with van der Waals surface area (Å²) in [6.07, 6.45) is 2.50. The molecule has 2 fully saturated rings. The number of carbonyl (C=O) groups is 1. The second-order valence-electron chi connectivity index (χ2n) is 10.3. The van der Waals surface area contributed by atoms with Crippen LogP contribution in [0.15, 0.2) is 53.1 Å². The number of nitrogens with zero attached hydrogens (tertiary/aromatic N) is 4. The Morgan fingerprint density at radius 1 is 1.03 bits per heavy atom. The van der Waals surface area contributed by atoms with Gasteiger partial charge in [0.2, 0.25) is 11.8 Å². The topological polar surface area (TPSA) is 64.2 Å². The zero-order chi connectivity index (χ0) is 25.7. The number of halogens is 2. The molecule has 8 heteroatoms. The number of benzene rings is 2. The van der Waals surface area contributed by atoms with Gasteiger partial charge in [-0.05, 0) is 69.4 Å². The number of anilines is 1. The third-order valence-electron chi connectivity index (χ3n) is 7.87. The summed E-state index contributed by atoms with van der Waals surface area (Å²) >= 11 is 0. The molecule has 2 aromatic heterocycles. The summed E-state index contributed by atoms with van der Waals surface area (Å²) in [5.41, 5.74) is 5.23. The van der Waals surface area contributed by atoms with E-state index in [2.05, 4.69) is 9.72 Å². The first kappa shape index (κ1) is 23.8. The lowest BCUT2D eigenvalue weighted by atomic mass is 9.91. The second-order valence-corrected chi connectivity index (χ2v) is 10.3. The van der Waals surface area contributed by atoms with Gasteiger partial charge in [0.05, 0.1) is 22.8 Å². The molecule has 4 aromatic rings. The summed E-state index contributed by atoms with van der Waals surface area (Å²) in [6.45, 7) is 3.80. The van der Waals surface area contributed by atoms with Crippen molar-refractivity contribution in [2.75, 3.05) is 4.90 Å². The number of alkyl halides is 2. The van der Waals surface area contributed by atoms with Gasteiger partial charge in [0, 0.05) is 36.6 Å². The van der Waals surface area contributed by atoms with Crippen LogP contribution in [-0.2, 0) is 4.79 Å². The smallest absolute Gasteiger partial charge is 0.248 e. The van der Waals surface area contributed by atoms with Crippen molar-refractivity contribution in [2.24, 2.45) is 0 Å². The van der Waals surface area contributed by atoms with E-state index < -0.39 is 5.92 Å². The minimum Gasteiger partial charge on any atom is -0.361 e. The summed E-state index contributed by atoms with van der Waals surface area (Å²) in [5.74, 6) is -1.05. The Balaban J connectivity index is 1.51. The van der Waals surface area contributed by atoms with Crippen LogP contribution in [0.3, 0.4) is 0 Å². The van der Waals surface area contributed by atoms with Crippen LogP contribution in [0.25, 0.3) is 22.2 Å². The molecule has 192 valence electrons. The maximum absolute atomic E-state index is 14.1. The minimum atomic E-state index is -2.62. The first-order valence-corrected chi connectivity index (χ1v) is 13.0. The molecular formula is C29H30F2N4O2.